The first-order valence-electron chi connectivity index (χ1n) is 7.31. The highest BCUT2D eigenvalue weighted by Crippen LogP contribution is 2.35. The van der Waals surface area contributed by atoms with Crippen molar-refractivity contribution in [1.29, 1.82) is 0 Å². The number of anilines is 2. The summed E-state index contributed by atoms with van der Waals surface area (Å²) >= 11 is 1.70. The average molecular weight is 321 g/mol. The maximum Gasteiger partial charge on any atom is 0.163 e. The Labute approximate surface area is 137 Å². The number of thiophene rings is 1. The summed E-state index contributed by atoms with van der Waals surface area (Å²) in [5.74, 6) is 1.54. The minimum Gasteiger partial charge on any atom is -0.337 e. The van der Waals surface area contributed by atoms with E-state index in [4.69, 9.17) is 9.97 Å². The van der Waals surface area contributed by atoms with E-state index in [1.807, 2.05) is 36.5 Å². The van der Waals surface area contributed by atoms with Crippen molar-refractivity contribution < 1.29 is 0 Å². The molecule has 0 aliphatic heterocycles. The molecule has 0 spiro atoms. The van der Waals surface area contributed by atoms with E-state index in [2.05, 4.69) is 29.4 Å². The molecule has 0 fully saturated rings. The van der Waals surface area contributed by atoms with E-state index >= 15 is 0 Å². The summed E-state index contributed by atoms with van der Waals surface area (Å²) in [4.78, 5) is 11.8. The van der Waals surface area contributed by atoms with Crippen molar-refractivity contribution in [3.8, 4) is 11.4 Å². The standard InChI is InChI=1S/C17H15N5S/c1-10-11(2)23-17-14(10)16(20-13-8-18-19-9-13)21-15(22-17)12-6-4-3-5-7-12/h3-9H,1-2H3,(H,18,19)(H,20,21,22). The third-order valence-electron chi connectivity index (χ3n) is 3.82. The lowest BCUT2D eigenvalue weighted by Gasteiger charge is -2.08. The van der Waals surface area contributed by atoms with Gasteiger partial charge in [-0.15, -0.1) is 11.3 Å². The predicted octanol–water partition coefficient (Wildman–Crippen LogP) is 4.44. The van der Waals surface area contributed by atoms with Crippen molar-refractivity contribution >= 4 is 33.1 Å². The van der Waals surface area contributed by atoms with Crippen molar-refractivity contribution in [2.24, 2.45) is 0 Å². The van der Waals surface area contributed by atoms with Gasteiger partial charge in [0.25, 0.3) is 0 Å². The van der Waals surface area contributed by atoms with E-state index in [1.165, 1.54) is 10.4 Å². The zero-order valence-corrected chi connectivity index (χ0v) is 13.6. The average Bonchev–Trinajstić information content (AvgIpc) is 3.17. The van der Waals surface area contributed by atoms with Crippen molar-refractivity contribution in [2.75, 3.05) is 5.32 Å². The van der Waals surface area contributed by atoms with Crippen LogP contribution < -0.4 is 5.32 Å². The number of hydrogen-bond donors (Lipinski definition) is 2. The maximum absolute atomic E-state index is 4.76. The first kappa shape index (κ1) is 13.9. The Balaban J connectivity index is 1.93. The second kappa shape index (κ2) is 5.48. The molecule has 3 heterocycles. The Morgan fingerprint density at radius 2 is 1.91 bits per heavy atom. The van der Waals surface area contributed by atoms with Gasteiger partial charge >= 0.3 is 0 Å². The first-order valence-corrected chi connectivity index (χ1v) is 8.13. The van der Waals surface area contributed by atoms with Gasteiger partial charge in [-0.25, -0.2) is 9.97 Å². The highest BCUT2D eigenvalue weighted by molar-refractivity contribution is 7.18. The first-order chi connectivity index (χ1) is 11.2. The number of aromatic nitrogens is 4. The van der Waals surface area contributed by atoms with Crippen LogP contribution in [0.15, 0.2) is 42.7 Å². The summed E-state index contributed by atoms with van der Waals surface area (Å²) in [5.41, 5.74) is 3.11. The summed E-state index contributed by atoms with van der Waals surface area (Å²) in [6.07, 6.45) is 3.55. The van der Waals surface area contributed by atoms with Gasteiger partial charge in [-0.05, 0) is 19.4 Å². The number of aromatic amines is 1. The molecule has 0 saturated carbocycles. The monoisotopic (exact) mass is 321 g/mol. The summed E-state index contributed by atoms with van der Waals surface area (Å²) in [6, 6.07) is 10.0. The number of H-pyrrole nitrogens is 1. The van der Waals surface area contributed by atoms with Crippen molar-refractivity contribution in [1.82, 2.24) is 20.2 Å². The lowest BCUT2D eigenvalue weighted by atomic mass is 10.2. The number of fused-ring (bicyclic) bond motifs is 1. The predicted molar refractivity (Wildman–Crippen MR) is 94.2 cm³/mol. The highest BCUT2D eigenvalue weighted by Gasteiger charge is 2.15. The molecule has 2 N–H and O–H groups in total. The van der Waals surface area contributed by atoms with Gasteiger partial charge in [0.15, 0.2) is 5.82 Å². The van der Waals surface area contributed by atoms with E-state index in [0.29, 0.717) is 0 Å². The summed E-state index contributed by atoms with van der Waals surface area (Å²) in [6.45, 7) is 4.23. The van der Waals surface area contributed by atoms with Crippen LogP contribution in [0.25, 0.3) is 21.6 Å². The number of nitrogens with one attached hydrogen (secondary N) is 2. The van der Waals surface area contributed by atoms with Gasteiger partial charge in [-0.3, -0.25) is 5.10 Å². The molecule has 0 radical (unpaired) electrons. The molecule has 4 aromatic rings. The molecule has 5 nitrogen and oxygen atoms in total. The lowest BCUT2D eigenvalue weighted by molar-refractivity contribution is 1.09. The van der Waals surface area contributed by atoms with E-state index in [1.54, 1.807) is 17.5 Å². The minimum absolute atomic E-state index is 0.727. The molecule has 1 aromatic carbocycles. The fourth-order valence-corrected chi connectivity index (χ4v) is 3.54. The molecule has 0 unspecified atom stereocenters. The lowest BCUT2D eigenvalue weighted by Crippen LogP contribution is -1.98. The van der Waals surface area contributed by atoms with Crippen LogP contribution in [0.3, 0.4) is 0 Å². The van der Waals surface area contributed by atoms with Gasteiger partial charge in [-0.1, -0.05) is 30.3 Å². The van der Waals surface area contributed by atoms with Crippen LogP contribution >= 0.6 is 11.3 Å². The van der Waals surface area contributed by atoms with E-state index < -0.39 is 0 Å². The van der Waals surface area contributed by atoms with Crippen LogP contribution in [0.5, 0.6) is 0 Å². The molecule has 4 rings (SSSR count). The van der Waals surface area contributed by atoms with Crippen LogP contribution in [0, 0.1) is 13.8 Å². The van der Waals surface area contributed by atoms with Crippen LogP contribution in [0.2, 0.25) is 0 Å². The van der Waals surface area contributed by atoms with Crippen LogP contribution in [-0.4, -0.2) is 20.2 Å². The third-order valence-corrected chi connectivity index (χ3v) is 4.92. The van der Waals surface area contributed by atoms with Crippen LogP contribution in [-0.2, 0) is 0 Å². The van der Waals surface area contributed by atoms with E-state index in [-0.39, 0.29) is 0 Å². The van der Waals surface area contributed by atoms with Gasteiger partial charge in [-0.2, -0.15) is 5.10 Å². The smallest absolute Gasteiger partial charge is 0.163 e. The van der Waals surface area contributed by atoms with Crippen molar-refractivity contribution in [3.05, 3.63) is 53.2 Å². The molecular formula is C17H15N5S. The van der Waals surface area contributed by atoms with Crippen molar-refractivity contribution in [3.63, 3.8) is 0 Å². The Morgan fingerprint density at radius 3 is 2.65 bits per heavy atom. The SMILES string of the molecule is Cc1sc2nc(-c3ccccc3)nc(Nc3cn[nH]c3)c2c1C. The maximum atomic E-state index is 4.76. The Bertz CT molecular complexity index is 958. The molecule has 6 heteroatoms. The molecule has 0 amide bonds. The number of rotatable bonds is 3. The Hall–Kier alpha value is -2.73. The highest BCUT2D eigenvalue weighted by atomic mass is 32.1. The van der Waals surface area contributed by atoms with Gasteiger partial charge in [0, 0.05) is 16.6 Å². The molecule has 0 aliphatic rings. The van der Waals surface area contributed by atoms with Gasteiger partial charge in [0.05, 0.1) is 17.3 Å². The number of benzene rings is 1. The number of hydrogen-bond acceptors (Lipinski definition) is 5. The molecule has 0 aliphatic carbocycles. The molecule has 3 aromatic heterocycles. The van der Waals surface area contributed by atoms with E-state index in [0.717, 1.165) is 33.1 Å². The zero-order valence-electron chi connectivity index (χ0n) is 12.8. The molecule has 0 atom stereocenters. The second-order valence-corrected chi connectivity index (χ2v) is 6.54. The Kier molecular flexibility index (Phi) is 3.31. The fraction of sp³-hybridized carbons (Fsp3) is 0.118. The summed E-state index contributed by atoms with van der Waals surface area (Å²) < 4.78 is 0. The molecular weight excluding hydrogens is 306 g/mol. The third kappa shape index (κ3) is 2.47. The summed E-state index contributed by atoms with van der Waals surface area (Å²) in [5, 5.41) is 11.2. The van der Waals surface area contributed by atoms with Gasteiger partial charge in [0.1, 0.15) is 10.6 Å². The number of nitrogens with zero attached hydrogens (tertiary/aromatic N) is 3. The van der Waals surface area contributed by atoms with Crippen LogP contribution in [0.1, 0.15) is 10.4 Å². The molecule has 23 heavy (non-hydrogen) atoms. The Morgan fingerprint density at radius 1 is 1.09 bits per heavy atom. The van der Waals surface area contributed by atoms with E-state index in [9.17, 15) is 0 Å². The fourth-order valence-electron chi connectivity index (χ4n) is 2.51. The topological polar surface area (TPSA) is 66.5 Å². The van der Waals surface area contributed by atoms with Crippen molar-refractivity contribution in [2.45, 2.75) is 13.8 Å². The zero-order chi connectivity index (χ0) is 15.8. The molecule has 0 bridgehead atoms. The van der Waals surface area contributed by atoms with Gasteiger partial charge in [0.2, 0.25) is 0 Å². The number of aryl methyl sites for hydroxylation is 2. The second-order valence-electron chi connectivity index (χ2n) is 5.34. The molecule has 0 saturated heterocycles. The largest absolute Gasteiger partial charge is 0.337 e. The molecule has 114 valence electrons. The normalized spacial score (nSPS) is 11.0. The van der Waals surface area contributed by atoms with Crippen LogP contribution in [0.4, 0.5) is 11.5 Å². The summed E-state index contributed by atoms with van der Waals surface area (Å²) in [7, 11) is 0. The quantitative estimate of drug-likeness (QED) is 0.585. The minimum atomic E-state index is 0.727. The van der Waals surface area contributed by atoms with Gasteiger partial charge < -0.3 is 5.32 Å².